The van der Waals surface area contributed by atoms with E-state index >= 15 is 0 Å². The summed E-state index contributed by atoms with van der Waals surface area (Å²) in [5.74, 6) is 0.415. The second kappa shape index (κ2) is 5.34. The number of aliphatic hydroxyl groups is 1. The van der Waals surface area contributed by atoms with Gasteiger partial charge in [-0.25, -0.2) is 0 Å². The molecule has 1 saturated heterocycles. The summed E-state index contributed by atoms with van der Waals surface area (Å²) in [6, 6.07) is 4.11. The highest BCUT2D eigenvalue weighted by Crippen LogP contribution is 2.40. The van der Waals surface area contributed by atoms with Crippen LogP contribution in [0.3, 0.4) is 0 Å². The zero-order valence-electron chi connectivity index (χ0n) is 12.3. The number of pyridine rings is 1. The molecule has 3 atom stereocenters. The Morgan fingerprint density at radius 3 is 2.95 bits per heavy atom. The lowest BCUT2D eigenvalue weighted by Gasteiger charge is -2.48. The van der Waals surface area contributed by atoms with Crippen LogP contribution >= 0.6 is 0 Å². The number of fused-ring (bicyclic) bond motifs is 1. The first-order chi connectivity index (χ1) is 9.58. The van der Waals surface area contributed by atoms with Gasteiger partial charge in [-0.1, -0.05) is 12.8 Å². The fourth-order valence-corrected chi connectivity index (χ4v) is 3.66. The predicted octanol–water partition coefficient (Wildman–Crippen LogP) is 2.23. The van der Waals surface area contributed by atoms with Crippen LogP contribution in [0.25, 0.3) is 0 Å². The lowest BCUT2D eigenvalue weighted by molar-refractivity contribution is -0.0612. The molecule has 3 N–H and O–H groups in total. The molecular weight excluding hydrogens is 250 g/mol. The zero-order valence-corrected chi connectivity index (χ0v) is 12.3. The Bertz CT molecular complexity index is 459. The van der Waals surface area contributed by atoms with E-state index in [-0.39, 0.29) is 6.04 Å². The zero-order chi connectivity index (χ0) is 14.2. The van der Waals surface area contributed by atoms with Gasteiger partial charge in [-0.2, -0.15) is 0 Å². The van der Waals surface area contributed by atoms with Crippen molar-refractivity contribution in [2.45, 2.75) is 50.7 Å². The van der Waals surface area contributed by atoms with Crippen LogP contribution in [0.4, 0.5) is 5.69 Å². The van der Waals surface area contributed by atoms with Gasteiger partial charge in [0.15, 0.2) is 0 Å². The molecule has 3 rings (SSSR count). The summed E-state index contributed by atoms with van der Waals surface area (Å²) in [4.78, 5) is 6.81. The number of hydrogen-bond donors (Lipinski definition) is 2. The summed E-state index contributed by atoms with van der Waals surface area (Å²) < 4.78 is 0. The minimum Gasteiger partial charge on any atom is -0.389 e. The van der Waals surface area contributed by atoms with Crippen LogP contribution in [0.15, 0.2) is 18.3 Å². The summed E-state index contributed by atoms with van der Waals surface area (Å²) in [7, 11) is 0. The van der Waals surface area contributed by atoms with Gasteiger partial charge >= 0.3 is 0 Å². The van der Waals surface area contributed by atoms with Crippen molar-refractivity contribution in [3.8, 4) is 0 Å². The first-order valence-electron chi connectivity index (χ1n) is 7.77. The summed E-state index contributed by atoms with van der Waals surface area (Å²) in [5, 5.41) is 10.7. The molecule has 0 radical (unpaired) electrons. The van der Waals surface area contributed by atoms with E-state index < -0.39 is 5.60 Å². The van der Waals surface area contributed by atoms with Crippen molar-refractivity contribution >= 4 is 5.69 Å². The fraction of sp³-hybridized carbons (Fsp3) is 0.688. The highest BCUT2D eigenvalue weighted by molar-refractivity contribution is 5.45. The van der Waals surface area contributed by atoms with Crippen LogP contribution in [0, 0.1) is 5.92 Å². The minimum atomic E-state index is -0.409. The fourth-order valence-electron chi connectivity index (χ4n) is 3.66. The van der Waals surface area contributed by atoms with Crippen LogP contribution in [0.2, 0.25) is 0 Å². The molecule has 4 nitrogen and oxygen atoms in total. The number of rotatable bonds is 2. The van der Waals surface area contributed by atoms with E-state index in [1.807, 2.05) is 19.2 Å². The average molecular weight is 275 g/mol. The molecule has 0 aromatic carbocycles. The van der Waals surface area contributed by atoms with Crippen molar-refractivity contribution in [2.24, 2.45) is 11.7 Å². The molecule has 1 aromatic heterocycles. The van der Waals surface area contributed by atoms with Gasteiger partial charge in [0.1, 0.15) is 0 Å². The lowest BCUT2D eigenvalue weighted by atomic mass is 9.71. The Morgan fingerprint density at radius 1 is 1.40 bits per heavy atom. The molecule has 20 heavy (non-hydrogen) atoms. The standard InChI is InChI=1S/C16H25N3O/c1-12(17)15-6-5-14(10-18-15)19-9-8-16(20)7-3-2-4-13(16)11-19/h5-6,10,12-13,20H,2-4,7-9,11,17H2,1H3/t12-,13?,16?/m0/s1. The summed E-state index contributed by atoms with van der Waals surface area (Å²) in [6.45, 7) is 3.83. The van der Waals surface area contributed by atoms with E-state index in [2.05, 4.69) is 16.0 Å². The minimum absolute atomic E-state index is 0.0196. The second-order valence-corrected chi connectivity index (χ2v) is 6.47. The molecular formula is C16H25N3O. The van der Waals surface area contributed by atoms with Crippen LogP contribution in [0.5, 0.6) is 0 Å². The Kier molecular flexibility index (Phi) is 3.69. The first kappa shape index (κ1) is 13.8. The highest BCUT2D eigenvalue weighted by Gasteiger charge is 2.42. The lowest BCUT2D eigenvalue weighted by Crippen LogP contribution is -2.53. The largest absolute Gasteiger partial charge is 0.389 e. The molecule has 2 heterocycles. The van der Waals surface area contributed by atoms with Gasteiger partial charge in [0.25, 0.3) is 0 Å². The van der Waals surface area contributed by atoms with Gasteiger partial charge < -0.3 is 15.7 Å². The third-order valence-corrected chi connectivity index (χ3v) is 5.03. The quantitative estimate of drug-likeness (QED) is 0.869. The summed E-state index contributed by atoms with van der Waals surface area (Å²) in [6.07, 6.45) is 7.37. The second-order valence-electron chi connectivity index (χ2n) is 6.47. The molecule has 0 amide bonds. The number of aromatic nitrogens is 1. The van der Waals surface area contributed by atoms with Crippen LogP contribution in [-0.2, 0) is 0 Å². The van der Waals surface area contributed by atoms with Crippen molar-refractivity contribution < 1.29 is 5.11 Å². The molecule has 1 aliphatic carbocycles. The first-order valence-corrected chi connectivity index (χ1v) is 7.77. The maximum absolute atomic E-state index is 10.7. The monoisotopic (exact) mass is 275 g/mol. The molecule has 4 heteroatoms. The number of hydrogen-bond acceptors (Lipinski definition) is 4. The van der Waals surface area contributed by atoms with Crippen molar-refractivity contribution in [2.75, 3.05) is 18.0 Å². The van der Waals surface area contributed by atoms with E-state index in [4.69, 9.17) is 5.73 Å². The predicted molar refractivity (Wildman–Crippen MR) is 80.6 cm³/mol. The van der Waals surface area contributed by atoms with E-state index in [0.29, 0.717) is 5.92 Å². The van der Waals surface area contributed by atoms with Crippen molar-refractivity contribution in [3.63, 3.8) is 0 Å². The van der Waals surface area contributed by atoms with Gasteiger partial charge in [0, 0.05) is 25.0 Å². The molecule has 1 aliphatic heterocycles. The van der Waals surface area contributed by atoms with E-state index in [1.165, 1.54) is 12.8 Å². The summed E-state index contributed by atoms with van der Waals surface area (Å²) in [5.41, 5.74) is 7.51. The Hall–Kier alpha value is -1.13. The molecule has 1 aromatic rings. The Morgan fingerprint density at radius 2 is 2.25 bits per heavy atom. The molecule has 2 unspecified atom stereocenters. The van der Waals surface area contributed by atoms with Crippen molar-refractivity contribution in [1.29, 1.82) is 0 Å². The van der Waals surface area contributed by atoms with Crippen LogP contribution in [-0.4, -0.2) is 28.8 Å². The third kappa shape index (κ3) is 2.54. The SMILES string of the molecule is C[C@H](N)c1ccc(N2CCC3(O)CCCCC3C2)cn1. The van der Waals surface area contributed by atoms with Crippen molar-refractivity contribution in [3.05, 3.63) is 24.0 Å². The number of anilines is 1. The molecule has 2 aliphatic rings. The van der Waals surface area contributed by atoms with Crippen molar-refractivity contribution in [1.82, 2.24) is 4.98 Å². The summed E-state index contributed by atoms with van der Waals surface area (Å²) >= 11 is 0. The number of nitrogens with two attached hydrogens (primary N) is 1. The van der Waals surface area contributed by atoms with Gasteiger partial charge in [-0.05, 0) is 38.3 Å². The highest BCUT2D eigenvalue weighted by atomic mass is 16.3. The molecule has 0 spiro atoms. The Labute approximate surface area is 121 Å². The van der Waals surface area contributed by atoms with Gasteiger partial charge in [-0.3, -0.25) is 4.98 Å². The van der Waals surface area contributed by atoms with Gasteiger partial charge in [-0.15, -0.1) is 0 Å². The van der Waals surface area contributed by atoms with Crippen LogP contribution in [0.1, 0.15) is 50.8 Å². The Balaban J connectivity index is 1.72. The molecule has 2 fully saturated rings. The van der Waals surface area contributed by atoms with E-state index in [1.54, 1.807) is 0 Å². The van der Waals surface area contributed by atoms with Crippen LogP contribution < -0.4 is 10.6 Å². The van der Waals surface area contributed by atoms with Gasteiger partial charge in [0.2, 0.25) is 0 Å². The topological polar surface area (TPSA) is 62.4 Å². The maximum atomic E-state index is 10.7. The molecule has 0 bridgehead atoms. The number of piperidine rings is 1. The normalized spacial score (nSPS) is 31.8. The molecule has 110 valence electrons. The van der Waals surface area contributed by atoms with Gasteiger partial charge in [0.05, 0.1) is 23.2 Å². The maximum Gasteiger partial charge on any atom is 0.0709 e. The van der Waals surface area contributed by atoms with E-state index in [0.717, 1.165) is 43.7 Å². The third-order valence-electron chi connectivity index (χ3n) is 5.03. The smallest absolute Gasteiger partial charge is 0.0709 e. The number of nitrogens with zero attached hydrogens (tertiary/aromatic N) is 2. The molecule has 1 saturated carbocycles. The van der Waals surface area contributed by atoms with E-state index in [9.17, 15) is 5.11 Å². The average Bonchev–Trinajstić information content (AvgIpc) is 2.46.